The third-order valence-electron chi connectivity index (χ3n) is 3.09. The third-order valence-corrected chi connectivity index (χ3v) is 3.50. The number of carbonyl (C=O) groups excluding carboxylic acids is 1. The van der Waals surface area contributed by atoms with E-state index in [0.717, 1.165) is 5.56 Å². The quantitative estimate of drug-likeness (QED) is 0.675. The van der Waals surface area contributed by atoms with E-state index >= 15 is 0 Å². The molecular formula is C15H22ClN3O3. The number of likely N-dealkylation sites (N-methyl/N-ethyl adjacent to an activating group) is 1. The van der Waals surface area contributed by atoms with Crippen molar-refractivity contribution in [2.24, 2.45) is 0 Å². The maximum atomic E-state index is 12.0. The molecule has 3 N–H and O–H groups in total. The number of rotatable bonds is 8. The Labute approximate surface area is 135 Å². The predicted octanol–water partition coefficient (Wildman–Crippen LogP) is 1.58. The van der Waals surface area contributed by atoms with E-state index in [-0.39, 0.29) is 12.3 Å². The standard InChI is InChI=1S/C15H22ClN3O3/c1-10-4-5-11(8-12(10)16)18-14(20)9-13(15(21)22)17-6-7-19(2)3/h4-5,8,13,17H,6-7,9H2,1-3H3,(H,18,20)(H,21,22). The third kappa shape index (κ3) is 6.43. The molecule has 0 aromatic heterocycles. The number of carboxylic acids is 1. The molecule has 0 aliphatic carbocycles. The van der Waals surface area contributed by atoms with Crippen LogP contribution in [-0.2, 0) is 9.59 Å². The minimum absolute atomic E-state index is 0.145. The van der Waals surface area contributed by atoms with E-state index in [4.69, 9.17) is 16.7 Å². The first-order valence-electron chi connectivity index (χ1n) is 6.96. The summed E-state index contributed by atoms with van der Waals surface area (Å²) in [6.07, 6.45) is -0.145. The van der Waals surface area contributed by atoms with E-state index in [0.29, 0.717) is 23.8 Å². The summed E-state index contributed by atoms with van der Waals surface area (Å²) in [5.74, 6) is -1.42. The summed E-state index contributed by atoms with van der Waals surface area (Å²) >= 11 is 5.99. The Kier molecular flexibility index (Phi) is 7.31. The van der Waals surface area contributed by atoms with Gasteiger partial charge in [-0.3, -0.25) is 9.59 Å². The summed E-state index contributed by atoms with van der Waals surface area (Å²) in [6.45, 7) is 3.05. The minimum atomic E-state index is -1.05. The van der Waals surface area contributed by atoms with Gasteiger partial charge in [0.25, 0.3) is 0 Å². The van der Waals surface area contributed by atoms with Crippen molar-refractivity contribution in [1.29, 1.82) is 0 Å². The van der Waals surface area contributed by atoms with Crippen LogP contribution in [0.2, 0.25) is 5.02 Å². The molecule has 0 fully saturated rings. The SMILES string of the molecule is Cc1ccc(NC(=O)CC(NCCN(C)C)C(=O)O)cc1Cl. The van der Waals surface area contributed by atoms with Gasteiger partial charge in [0.05, 0.1) is 6.42 Å². The number of aliphatic carboxylic acids is 1. The molecule has 1 aromatic carbocycles. The molecule has 0 radical (unpaired) electrons. The minimum Gasteiger partial charge on any atom is -0.480 e. The first-order valence-corrected chi connectivity index (χ1v) is 7.34. The fourth-order valence-electron chi connectivity index (χ4n) is 1.78. The molecule has 1 atom stereocenters. The van der Waals surface area contributed by atoms with Crippen LogP contribution < -0.4 is 10.6 Å². The van der Waals surface area contributed by atoms with Gasteiger partial charge in [-0.25, -0.2) is 0 Å². The topological polar surface area (TPSA) is 81.7 Å². The number of anilines is 1. The van der Waals surface area contributed by atoms with Crippen LogP contribution >= 0.6 is 11.6 Å². The smallest absolute Gasteiger partial charge is 0.321 e. The van der Waals surface area contributed by atoms with Gasteiger partial charge >= 0.3 is 5.97 Å². The number of nitrogens with zero attached hydrogens (tertiary/aromatic N) is 1. The molecule has 6 nitrogen and oxygen atoms in total. The summed E-state index contributed by atoms with van der Waals surface area (Å²) in [5, 5.41) is 15.2. The Morgan fingerprint density at radius 2 is 2.05 bits per heavy atom. The molecule has 1 rings (SSSR count). The van der Waals surface area contributed by atoms with Crippen LogP contribution in [0.4, 0.5) is 5.69 Å². The van der Waals surface area contributed by atoms with Crippen LogP contribution in [0.15, 0.2) is 18.2 Å². The van der Waals surface area contributed by atoms with Gasteiger partial charge < -0.3 is 20.6 Å². The van der Waals surface area contributed by atoms with E-state index in [2.05, 4.69) is 10.6 Å². The van der Waals surface area contributed by atoms with Crippen LogP contribution in [0.25, 0.3) is 0 Å². The molecule has 7 heteroatoms. The molecule has 122 valence electrons. The fourth-order valence-corrected chi connectivity index (χ4v) is 1.96. The van der Waals surface area contributed by atoms with Gasteiger partial charge in [-0.05, 0) is 38.7 Å². The van der Waals surface area contributed by atoms with E-state index in [1.165, 1.54) is 0 Å². The lowest BCUT2D eigenvalue weighted by Gasteiger charge is -2.16. The van der Waals surface area contributed by atoms with Crippen LogP contribution in [0.3, 0.4) is 0 Å². The molecule has 1 amide bonds. The van der Waals surface area contributed by atoms with Gasteiger partial charge in [0, 0.05) is 23.8 Å². The van der Waals surface area contributed by atoms with Crippen molar-refractivity contribution in [3.05, 3.63) is 28.8 Å². The number of halogens is 1. The van der Waals surface area contributed by atoms with Gasteiger partial charge in [0.1, 0.15) is 6.04 Å². The van der Waals surface area contributed by atoms with E-state index in [1.807, 2.05) is 25.9 Å². The van der Waals surface area contributed by atoms with Crippen molar-refractivity contribution in [1.82, 2.24) is 10.2 Å². The van der Waals surface area contributed by atoms with Crippen LogP contribution in [0.1, 0.15) is 12.0 Å². The van der Waals surface area contributed by atoms with Crippen molar-refractivity contribution < 1.29 is 14.7 Å². The molecule has 0 heterocycles. The molecule has 0 saturated heterocycles. The molecule has 1 unspecified atom stereocenters. The largest absolute Gasteiger partial charge is 0.480 e. The highest BCUT2D eigenvalue weighted by atomic mass is 35.5. The van der Waals surface area contributed by atoms with Crippen molar-refractivity contribution in [3.8, 4) is 0 Å². The van der Waals surface area contributed by atoms with E-state index in [9.17, 15) is 9.59 Å². The van der Waals surface area contributed by atoms with E-state index < -0.39 is 12.0 Å². The van der Waals surface area contributed by atoms with Crippen molar-refractivity contribution in [2.45, 2.75) is 19.4 Å². The number of hydrogen-bond donors (Lipinski definition) is 3. The molecule has 0 saturated carbocycles. The monoisotopic (exact) mass is 327 g/mol. The summed E-state index contributed by atoms with van der Waals surface area (Å²) in [6, 6.07) is 4.25. The number of carbonyl (C=O) groups is 2. The second kappa shape index (κ2) is 8.73. The Bertz CT molecular complexity index is 535. The average Bonchev–Trinajstić information content (AvgIpc) is 2.41. The molecular weight excluding hydrogens is 306 g/mol. The zero-order valence-corrected chi connectivity index (χ0v) is 13.8. The first kappa shape index (κ1) is 18.4. The maximum Gasteiger partial charge on any atom is 0.321 e. The van der Waals surface area contributed by atoms with Gasteiger partial charge in [-0.1, -0.05) is 17.7 Å². The Morgan fingerprint density at radius 1 is 1.36 bits per heavy atom. The summed E-state index contributed by atoms with van der Waals surface area (Å²) in [4.78, 5) is 25.1. The maximum absolute atomic E-state index is 12.0. The number of amides is 1. The molecule has 0 aliphatic rings. The molecule has 0 spiro atoms. The van der Waals surface area contributed by atoms with Crippen LogP contribution in [-0.4, -0.2) is 55.1 Å². The van der Waals surface area contributed by atoms with Crippen molar-refractivity contribution in [3.63, 3.8) is 0 Å². The number of aryl methyl sites for hydroxylation is 1. The summed E-state index contributed by atoms with van der Waals surface area (Å²) < 4.78 is 0. The number of nitrogens with one attached hydrogen (secondary N) is 2. The highest BCUT2D eigenvalue weighted by Gasteiger charge is 2.20. The molecule has 22 heavy (non-hydrogen) atoms. The van der Waals surface area contributed by atoms with Crippen molar-refractivity contribution in [2.75, 3.05) is 32.5 Å². The number of hydrogen-bond acceptors (Lipinski definition) is 4. The van der Waals surface area contributed by atoms with Crippen molar-refractivity contribution >= 4 is 29.2 Å². The van der Waals surface area contributed by atoms with Gasteiger partial charge in [-0.15, -0.1) is 0 Å². The zero-order valence-electron chi connectivity index (χ0n) is 13.0. The highest BCUT2D eigenvalue weighted by molar-refractivity contribution is 6.31. The second-order valence-electron chi connectivity index (χ2n) is 5.36. The Balaban J connectivity index is 2.55. The number of benzene rings is 1. The lowest BCUT2D eigenvalue weighted by Crippen LogP contribution is -2.42. The lowest BCUT2D eigenvalue weighted by atomic mass is 10.2. The summed E-state index contributed by atoms with van der Waals surface area (Å²) in [7, 11) is 3.79. The fraction of sp³-hybridized carbons (Fsp3) is 0.467. The molecule has 0 bridgehead atoms. The highest BCUT2D eigenvalue weighted by Crippen LogP contribution is 2.20. The molecule has 0 aliphatic heterocycles. The zero-order chi connectivity index (χ0) is 16.7. The predicted molar refractivity (Wildman–Crippen MR) is 87.4 cm³/mol. The van der Waals surface area contributed by atoms with Crippen LogP contribution in [0, 0.1) is 6.92 Å². The average molecular weight is 328 g/mol. The normalized spacial score (nSPS) is 12.2. The Hall–Kier alpha value is -1.63. The molecule has 1 aromatic rings. The van der Waals surface area contributed by atoms with E-state index in [1.54, 1.807) is 18.2 Å². The van der Waals surface area contributed by atoms with Gasteiger partial charge in [0.15, 0.2) is 0 Å². The lowest BCUT2D eigenvalue weighted by molar-refractivity contribution is -0.141. The van der Waals surface area contributed by atoms with Gasteiger partial charge in [-0.2, -0.15) is 0 Å². The number of carboxylic acid groups (broad SMARTS) is 1. The Morgan fingerprint density at radius 3 is 2.59 bits per heavy atom. The summed E-state index contributed by atoms with van der Waals surface area (Å²) in [5.41, 5.74) is 1.46. The first-order chi connectivity index (χ1) is 10.3. The van der Waals surface area contributed by atoms with Crippen LogP contribution in [0.5, 0.6) is 0 Å². The second-order valence-corrected chi connectivity index (χ2v) is 5.77. The van der Waals surface area contributed by atoms with Gasteiger partial charge in [0.2, 0.25) is 5.91 Å².